The summed E-state index contributed by atoms with van der Waals surface area (Å²) in [6.07, 6.45) is 0.843. The summed E-state index contributed by atoms with van der Waals surface area (Å²) in [5.74, 6) is -1.00. The Labute approximate surface area is 137 Å². The van der Waals surface area contributed by atoms with E-state index < -0.39 is 16.0 Å². The number of rotatable bonds is 5. The number of nitrogens with one attached hydrogen (secondary N) is 1. The van der Waals surface area contributed by atoms with Crippen molar-refractivity contribution in [2.75, 3.05) is 13.2 Å². The fourth-order valence-electron chi connectivity index (χ4n) is 2.18. The Morgan fingerprint density at radius 1 is 1.52 bits per heavy atom. The molecule has 0 bridgehead atoms. The predicted octanol–water partition coefficient (Wildman–Crippen LogP) is 1.69. The van der Waals surface area contributed by atoms with Gasteiger partial charge in [0, 0.05) is 22.6 Å². The normalized spacial score (nSPS) is 22.4. The second-order valence-corrected chi connectivity index (χ2v) is 7.85. The van der Waals surface area contributed by atoms with Crippen molar-refractivity contribution >= 4 is 38.6 Å². The Bertz CT molecular complexity index is 646. The highest BCUT2D eigenvalue weighted by Crippen LogP contribution is 2.21. The lowest BCUT2D eigenvalue weighted by atomic mass is 10.0. The first kappa shape index (κ1) is 16.7. The topological polar surface area (TPSA) is 92.7 Å². The van der Waals surface area contributed by atoms with E-state index in [0.717, 1.165) is 6.42 Å². The van der Waals surface area contributed by atoms with Crippen LogP contribution in [0.15, 0.2) is 23.1 Å². The van der Waals surface area contributed by atoms with Gasteiger partial charge in [0.2, 0.25) is 10.0 Å². The van der Waals surface area contributed by atoms with Crippen molar-refractivity contribution in [2.24, 2.45) is 5.92 Å². The van der Waals surface area contributed by atoms with Gasteiger partial charge in [-0.25, -0.2) is 17.9 Å². The number of aromatic carboxylic acids is 1. The van der Waals surface area contributed by atoms with Gasteiger partial charge >= 0.3 is 5.97 Å². The summed E-state index contributed by atoms with van der Waals surface area (Å²) in [4.78, 5) is 11.0. The molecule has 0 aliphatic carbocycles. The van der Waals surface area contributed by atoms with Crippen LogP contribution in [0.4, 0.5) is 0 Å². The number of halogens is 1. The Hall–Kier alpha value is -0.710. The molecule has 1 aliphatic heterocycles. The van der Waals surface area contributed by atoms with E-state index in [2.05, 4.69) is 4.72 Å². The van der Waals surface area contributed by atoms with Gasteiger partial charge in [0.05, 0.1) is 16.6 Å². The van der Waals surface area contributed by atoms with Gasteiger partial charge in [-0.15, -0.1) is 0 Å². The molecule has 0 radical (unpaired) electrons. The average molecular weight is 425 g/mol. The molecule has 2 unspecified atom stereocenters. The number of hydrogen-bond donors (Lipinski definition) is 2. The molecule has 116 valence electrons. The molecule has 1 fully saturated rings. The minimum Gasteiger partial charge on any atom is -0.478 e. The Morgan fingerprint density at radius 2 is 2.24 bits per heavy atom. The molecule has 0 aromatic heterocycles. The van der Waals surface area contributed by atoms with E-state index in [9.17, 15) is 13.2 Å². The molecule has 6 nitrogen and oxygen atoms in total. The van der Waals surface area contributed by atoms with Crippen molar-refractivity contribution in [2.45, 2.75) is 24.3 Å². The lowest BCUT2D eigenvalue weighted by molar-refractivity contribution is 0.0695. The fraction of sp³-hybridized carbons (Fsp3) is 0.462. The van der Waals surface area contributed by atoms with Crippen LogP contribution in [0.1, 0.15) is 23.7 Å². The minimum absolute atomic E-state index is 0.0176. The van der Waals surface area contributed by atoms with Crippen LogP contribution in [-0.2, 0) is 14.8 Å². The highest BCUT2D eigenvalue weighted by molar-refractivity contribution is 14.1. The number of ether oxygens (including phenoxy) is 1. The summed E-state index contributed by atoms with van der Waals surface area (Å²) in [5, 5.41) is 9.06. The summed E-state index contributed by atoms with van der Waals surface area (Å²) in [6, 6.07) is 4.08. The first-order chi connectivity index (χ1) is 9.81. The Morgan fingerprint density at radius 3 is 2.81 bits per heavy atom. The van der Waals surface area contributed by atoms with Gasteiger partial charge in [0.1, 0.15) is 0 Å². The van der Waals surface area contributed by atoms with Gasteiger partial charge in [-0.2, -0.15) is 0 Å². The van der Waals surface area contributed by atoms with Crippen molar-refractivity contribution in [1.29, 1.82) is 0 Å². The van der Waals surface area contributed by atoms with Gasteiger partial charge in [-0.3, -0.25) is 0 Å². The maximum atomic E-state index is 12.2. The van der Waals surface area contributed by atoms with Gasteiger partial charge in [0.25, 0.3) is 0 Å². The van der Waals surface area contributed by atoms with E-state index >= 15 is 0 Å². The molecular weight excluding hydrogens is 409 g/mol. The minimum atomic E-state index is -3.72. The smallest absolute Gasteiger partial charge is 0.336 e. The molecule has 1 aromatic carbocycles. The second-order valence-electron chi connectivity index (χ2n) is 4.92. The lowest BCUT2D eigenvalue weighted by Gasteiger charge is -2.15. The largest absolute Gasteiger partial charge is 0.478 e. The summed E-state index contributed by atoms with van der Waals surface area (Å²) >= 11 is 1.86. The zero-order valence-corrected chi connectivity index (χ0v) is 14.3. The van der Waals surface area contributed by atoms with Crippen LogP contribution in [0.25, 0.3) is 0 Å². The SMILES string of the molecule is CC1OCCC1CNS(=O)(=O)c1ccc(I)c(C(=O)O)c1. The van der Waals surface area contributed by atoms with Crippen LogP contribution in [0, 0.1) is 9.49 Å². The van der Waals surface area contributed by atoms with Crippen molar-refractivity contribution in [3.05, 3.63) is 27.3 Å². The van der Waals surface area contributed by atoms with Crippen molar-refractivity contribution < 1.29 is 23.1 Å². The molecule has 0 amide bonds. The molecule has 2 rings (SSSR count). The molecule has 2 atom stereocenters. The molecule has 0 spiro atoms. The molecule has 21 heavy (non-hydrogen) atoms. The Balaban J connectivity index is 2.15. The summed E-state index contributed by atoms with van der Waals surface area (Å²) in [5.41, 5.74) is -0.0176. The molecule has 1 saturated heterocycles. The first-order valence-corrected chi connectivity index (χ1v) is 9.01. The van der Waals surface area contributed by atoms with E-state index in [1.54, 1.807) is 0 Å². The summed E-state index contributed by atoms with van der Waals surface area (Å²) in [7, 11) is -3.72. The molecule has 1 heterocycles. The number of sulfonamides is 1. The second kappa shape index (κ2) is 6.59. The molecular formula is C13H16INO5S. The van der Waals surface area contributed by atoms with Crippen molar-refractivity contribution in [3.8, 4) is 0 Å². The van der Waals surface area contributed by atoms with E-state index in [1.165, 1.54) is 18.2 Å². The molecule has 8 heteroatoms. The molecule has 1 aromatic rings. The van der Waals surface area contributed by atoms with Crippen LogP contribution in [0.3, 0.4) is 0 Å². The number of carboxylic acids is 1. The van der Waals surface area contributed by atoms with Gasteiger partial charge < -0.3 is 9.84 Å². The van der Waals surface area contributed by atoms with E-state index in [4.69, 9.17) is 9.84 Å². The van der Waals surface area contributed by atoms with Crippen LogP contribution in [0.2, 0.25) is 0 Å². The quantitative estimate of drug-likeness (QED) is 0.701. The first-order valence-electron chi connectivity index (χ1n) is 6.45. The number of benzene rings is 1. The average Bonchev–Trinajstić information content (AvgIpc) is 2.82. The zero-order chi connectivity index (χ0) is 15.6. The van der Waals surface area contributed by atoms with Gasteiger partial charge in [-0.1, -0.05) is 0 Å². The number of carboxylic acid groups (broad SMARTS) is 1. The van der Waals surface area contributed by atoms with Crippen LogP contribution in [-0.4, -0.2) is 38.7 Å². The summed E-state index contributed by atoms with van der Waals surface area (Å²) in [6.45, 7) is 2.84. The third-order valence-corrected chi connectivity index (χ3v) is 5.91. The number of carbonyl (C=O) groups is 1. The lowest BCUT2D eigenvalue weighted by Crippen LogP contribution is -2.32. The van der Waals surface area contributed by atoms with Gasteiger partial charge in [-0.05, 0) is 54.1 Å². The highest BCUT2D eigenvalue weighted by atomic mass is 127. The summed E-state index contributed by atoms with van der Waals surface area (Å²) < 4.78 is 32.9. The number of hydrogen-bond acceptors (Lipinski definition) is 4. The van der Waals surface area contributed by atoms with E-state index in [-0.39, 0.29) is 29.0 Å². The fourth-order valence-corrected chi connectivity index (χ4v) is 3.87. The molecule has 2 N–H and O–H groups in total. The molecule has 1 aliphatic rings. The van der Waals surface area contributed by atoms with Crippen LogP contribution < -0.4 is 4.72 Å². The Kier molecular flexibility index (Phi) is 5.23. The van der Waals surface area contributed by atoms with Gasteiger partial charge in [0.15, 0.2) is 0 Å². The third-order valence-electron chi connectivity index (χ3n) is 3.55. The monoisotopic (exact) mass is 425 g/mol. The highest BCUT2D eigenvalue weighted by Gasteiger charge is 2.26. The van der Waals surface area contributed by atoms with E-state index in [0.29, 0.717) is 10.2 Å². The van der Waals surface area contributed by atoms with Crippen molar-refractivity contribution in [3.63, 3.8) is 0 Å². The standard InChI is InChI=1S/C13H16INO5S/c1-8-9(4-5-20-8)7-15-21(18,19)10-2-3-12(14)11(6-10)13(16)17/h2-3,6,8-9,15H,4-5,7H2,1H3,(H,16,17). The third kappa shape index (κ3) is 3.93. The molecule has 0 saturated carbocycles. The maximum Gasteiger partial charge on any atom is 0.336 e. The predicted molar refractivity (Wildman–Crippen MR) is 84.8 cm³/mol. The van der Waals surface area contributed by atoms with Crippen LogP contribution >= 0.6 is 22.6 Å². The van der Waals surface area contributed by atoms with Crippen molar-refractivity contribution in [1.82, 2.24) is 4.72 Å². The van der Waals surface area contributed by atoms with E-state index in [1.807, 2.05) is 29.5 Å². The van der Waals surface area contributed by atoms with Crippen LogP contribution in [0.5, 0.6) is 0 Å². The maximum absolute atomic E-state index is 12.2. The zero-order valence-electron chi connectivity index (χ0n) is 11.4.